The molecule has 1 spiro atoms. The highest BCUT2D eigenvalue weighted by molar-refractivity contribution is 7.80. The smallest absolute Gasteiger partial charge is 0.267 e. The van der Waals surface area contributed by atoms with Crippen LogP contribution in [0.2, 0.25) is 0 Å². The van der Waals surface area contributed by atoms with Crippen LogP contribution in [0.3, 0.4) is 0 Å². The van der Waals surface area contributed by atoms with Gasteiger partial charge in [-0.3, -0.25) is 9.69 Å². The van der Waals surface area contributed by atoms with Crippen LogP contribution >= 0.6 is 12.2 Å². The number of carbonyl (C=O) groups excluding carboxylic acids is 1. The minimum Gasteiger partial charge on any atom is -0.465 e. The van der Waals surface area contributed by atoms with Gasteiger partial charge >= 0.3 is 0 Å². The predicted molar refractivity (Wildman–Crippen MR) is 88.2 cm³/mol. The molecule has 122 valence electrons. The van der Waals surface area contributed by atoms with Gasteiger partial charge in [0.2, 0.25) is 5.91 Å². The zero-order valence-electron chi connectivity index (χ0n) is 13.5. The highest BCUT2D eigenvalue weighted by Gasteiger charge is 2.72. The van der Waals surface area contributed by atoms with Crippen molar-refractivity contribution >= 4 is 23.3 Å². The maximum atomic E-state index is 12.8. The number of hydrogen-bond acceptors (Lipinski definition) is 4. The Balaban J connectivity index is 1.85. The third kappa shape index (κ3) is 1.98. The first-order valence-corrected chi connectivity index (χ1v) is 8.63. The van der Waals surface area contributed by atoms with Gasteiger partial charge in [-0.15, -0.1) is 0 Å². The number of aliphatic hydroxyl groups excluding tert-OH is 1. The Kier molecular flexibility index (Phi) is 3.84. The lowest BCUT2D eigenvalue weighted by atomic mass is 9.74. The summed E-state index contributed by atoms with van der Waals surface area (Å²) >= 11 is 5.35. The van der Waals surface area contributed by atoms with E-state index in [0.29, 0.717) is 11.1 Å². The quantitative estimate of drug-likeness (QED) is 0.638. The topological polar surface area (TPSA) is 49.8 Å². The second-order valence-corrected chi connectivity index (χ2v) is 7.68. The number of thiocarbonyl (C=S) groups is 1. The fraction of sp³-hybridized carbons (Fsp3) is 0.765. The Morgan fingerprint density at radius 1 is 1.59 bits per heavy atom. The summed E-state index contributed by atoms with van der Waals surface area (Å²) < 4.78 is 5.88. The SMILES string of the molecule is CC/C=C/[C@@H](O)CC(=O)N1C(=S)O[C@@H]2C[C@H]3CC[C@@]21C3(C)C. The summed E-state index contributed by atoms with van der Waals surface area (Å²) in [7, 11) is 0. The third-order valence-electron chi connectivity index (χ3n) is 6.09. The van der Waals surface area contributed by atoms with Crippen molar-refractivity contribution in [1.82, 2.24) is 4.90 Å². The van der Waals surface area contributed by atoms with E-state index in [0.717, 1.165) is 25.7 Å². The largest absolute Gasteiger partial charge is 0.465 e. The van der Waals surface area contributed by atoms with Gasteiger partial charge in [-0.2, -0.15) is 0 Å². The van der Waals surface area contributed by atoms with Crippen LogP contribution in [-0.2, 0) is 9.53 Å². The van der Waals surface area contributed by atoms with Gasteiger partial charge in [-0.05, 0) is 49.2 Å². The molecule has 3 fully saturated rings. The van der Waals surface area contributed by atoms with Crippen LogP contribution in [0.4, 0.5) is 0 Å². The summed E-state index contributed by atoms with van der Waals surface area (Å²) in [5.41, 5.74) is -0.294. The van der Waals surface area contributed by atoms with Crippen molar-refractivity contribution < 1.29 is 14.6 Å². The van der Waals surface area contributed by atoms with E-state index < -0.39 is 6.10 Å². The van der Waals surface area contributed by atoms with Crippen LogP contribution in [0.1, 0.15) is 52.9 Å². The standard InChI is InChI=1S/C17H25NO3S/c1-4-5-6-12(19)10-14(20)18-15(22)21-13-9-11-7-8-17(13,18)16(11,2)3/h5-6,11-13,19H,4,7-10H2,1-3H3/b6-5+/t11-,12-,13-,17+/m1/s1. The molecular formula is C17H25NO3S. The van der Waals surface area contributed by atoms with Crippen LogP contribution in [0.25, 0.3) is 0 Å². The molecule has 1 heterocycles. The zero-order chi connectivity index (χ0) is 16.1. The van der Waals surface area contributed by atoms with Crippen molar-refractivity contribution in [2.45, 2.75) is 70.6 Å². The molecule has 4 nitrogen and oxygen atoms in total. The summed E-state index contributed by atoms with van der Waals surface area (Å²) in [4.78, 5) is 14.5. The minimum atomic E-state index is -0.757. The first-order chi connectivity index (χ1) is 10.3. The lowest BCUT2D eigenvalue weighted by Crippen LogP contribution is -2.57. The Hall–Kier alpha value is -0.940. The van der Waals surface area contributed by atoms with Gasteiger partial charge in [0, 0.05) is 0 Å². The maximum Gasteiger partial charge on any atom is 0.267 e. The van der Waals surface area contributed by atoms with Crippen molar-refractivity contribution in [2.24, 2.45) is 11.3 Å². The number of hydrogen-bond donors (Lipinski definition) is 1. The molecule has 1 aliphatic heterocycles. The van der Waals surface area contributed by atoms with E-state index in [1.165, 1.54) is 0 Å². The van der Waals surface area contributed by atoms with E-state index in [2.05, 4.69) is 13.8 Å². The van der Waals surface area contributed by atoms with E-state index in [1.807, 2.05) is 13.0 Å². The van der Waals surface area contributed by atoms with Gasteiger partial charge in [0.1, 0.15) is 6.10 Å². The van der Waals surface area contributed by atoms with Crippen LogP contribution in [-0.4, -0.2) is 38.8 Å². The monoisotopic (exact) mass is 323 g/mol. The van der Waals surface area contributed by atoms with Gasteiger partial charge in [-0.25, -0.2) is 0 Å². The Morgan fingerprint density at radius 2 is 2.32 bits per heavy atom. The van der Waals surface area contributed by atoms with E-state index in [1.54, 1.807) is 11.0 Å². The summed E-state index contributed by atoms with van der Waals surface area (Å²) in [6.45, 7) is 6.46. The molecule has 3 aliphatic rings. The molecule has 2 bridgehead atoms. The number of ether oxygens (including phenoxy) is 1. The summed E-state index contributed by atoms with van der Waals surface area (Å²) in [5.74, 6) is 0.470. The molecule has 0 unspecified atom stereocenters. The fourth-order valence-corrected chi connectivity index (χ4v) is 5.24. The van der Waals surface area contributed by atoms with Gasteiger partial charge in [0.25, 0.3) is 5.17 Å². The normalized spacial score (nSPS) is 36.7. The Labute approximate surface area is 137 Å². The molecule has 2 aliphatic carbocycles. The third-order valence-corrected chi connectivity index (χ3v) is 6.37. The molecule has 3 rings (SSSR count). The number of allylic oxidation sites excluding steroid dienone is 1. The minimum absolute atomic E-state index is 0.0120. The van der Waals surface area contributed by atoms with Gasteiger partial charge in [0.05, 0.1) is 18.1 Å². The second kappa shape index (κ2) is 5.31. The van der Waals surface area contributed by atoms with Crippen LogP contribution in [0.5, 0.6) is 0 Å². The van der Waals surface area contributed by atoms with Crippen LogP contribution < -0.4 is 0 Å². The predicted octanol–water partition coefficient (Wildman–Crippen LogP) is 2.79. The van der Waals surface area contributed by atoms with E-state index >= 15 is 0 Å². The van der Waals surface area contributed by atoms with E-state index in [-0.39, 0.29) is 29.4 Å². The van der Waals surface area contributed by atoms with Crippen molar-refractivity contribution in [3.8, 4) is 0 Å². The molecule has 0 aromatic heterocycles. The average Bonchev–Trinajstić information content (AvgIpc) is 2.96. The Morgan fingerprint density at radius 3 is 2.95 bits per heavy atom. The zero-order valence-corrected chi connectivity index (χ0v) is 14.4. The molecule has 1 saturated heterocycles. The van der Waals surface area contributed by atoms with Crippen molar-refractivity contribution in [1.29, 1.82) is 0 Å². The first kappa shape index (κ1) is 15.9. The molecular weight excluding hydrogens is 298 g/mol. The van der Waals surface area contributed by atoms with Gasteiger partial charge in [0.15, 0.2) is 0 Å². The first-order valence-electron chi connectivity index (χ1n) is 8.23. The summed E-state index contributed by atoms with van der Waals surface area (Å²) in [6, 6.07) is 0. The Bertz CT molecular complexity index is 530. The molecule has 0 aromatic rings. The van der Waals surface area contributed by atoms with Gasteiger partial charge in [-0.1, -0.05) is 32.9 Å². The number of fused-ring (bicyclic) bond motifs is 1. The van der Waals surface area contributed by atoms with Crippen molar-refractivity contribution in [3.05, 3.63) is 12.2 Å². The number of nitrogens with zero attached hydrogens (tertiary/aromatic N) is 1. The number of aliphatic hydroxyl groups is 1. The van der Waals surface area contributed by atoms with Crippen LogP contribution in [0.15, 0.2) is 12.2 Å². The number of rotatable bonds is 4. The second-order valence-electron chi connectivity index (χ2n) is 7.33. The van der Waals surface area contributed by atoms with E-state index in [4.69, 9.17) is 17.0 Å². The highest BCUT2D eigenvalue weighted by Crippen LogP contribution is 2.65. The molecule has 2 saturated carbocycles. The molecule has 5 heteroatoms. The van der Waals surface area contributed by atoms with Crippen LogP contribution in [0, 0.1) is 11.3 Å². The average molecular weight is 323 g/mol. The molecule has 0 aromatic carbocycles. The molecule has 1 amide bonds. The highest BCUT2D eigenvalue weighted by atomic mass is 32.1. The maximum absolute atomic E-state index is 12.8. The lowest BCUT2D eigenvalue weighted by molar-refractivity contribution is -0.135. The van der Waals surface area contributed by atoms with Crippen molar-refractivity contribution in [2.75, 3.05) is 0 Å². The molecule has 0 radical (unpaired) electrons. The molecule has 22 heavy (non-hydrogen) atoms. The lowest BCUT2D eigenvalue weighted by Gasteiger charge is -2.42. The van der Waals surface area contributed by atoms with Crippen molar-refractivity contribution in [3.63, 3.8) is 0 Å². The fourth-order valence-electron chi connectivity index (χ4n) is 4.86. The number of amides is 1. The molecule has 1 N–H and O–H groups in total. The molecule has 4 atom stereocenters. The van der Waals surface area contributed by atoms with Gasteiger partial charge < -0.3 is 9.84 Å². The van der Waals surface area contributed by atoms with E-state index in [9.17, 15) is 9.90 Å². The number of carbonyl (C=O) groups is 1. The summed E-state index contributed by atoms with van der Waals surface area (Å²) in [5, 5.41) is 10.3. The summed E-state index contributed by atoms with van der Waals surface area (Å²) in [6.07, 6.45) is 6.79.